The fraction of sp³-hybridized carbons (Fsp3) is 0.0361. The van der Waals surface area contributed by atoms with Gasteiger partial charge in [-0.05, 0) is 150 Å². The average molecular weight is 1100 g/mol. The molecule has 0 atom stereocenters. The fourth-order valence-corrected chi connectivity index (χ4v) is 14.3. The van der Waals surface area contributed by atoms with Crippen LogP contribution >= 0.6 is 0 Å². The standard InChI is InChI=1S/C83H57N3/c1-83(2)76-36-16-15-35-70(76)72-52-74-75(53-77(72)83)81(85(64-44-41-55-21-4-7-27-61(55)49-64)79-38-18-30-58-24-10-13-33-68(58)79)71-47-46-66(84(63-43-40-54-20-3-6-26-60(54)48-63)78-37-17-29-57-23-9-12-32-67(57)78)51-73(71)82(74)86(65-45-42-56-22-5-8-28-62(56)50-65)80-39-19-31-59-25-11-14-34-69(59)80/h3-53H,1-2H3. The molecule has 3 heteroatoms. The number of rotatable bonds is 9. The first-order chi connectivity index (χ1) is 42.4. The molecule has 0 unspecified atom stereocenters. The molecule has 86 heavy (non-hydrogen) atoms. The van der Waals surface area contributed by atoms with Gasteiger partial charge in [0.1, 0.15) is 0 Å². The van der Waals surface area contributed by atoms with Gasteiger partial charge in [0.15, 0.2) is 0 Å². The van der Waals surface area contributed by atoms with E-state index in [4.69, 9.17) is 0 Å². The van der Waals surface area contributed by atoms with Crippen LogP contribution in [0.2, 0.25) is 0 Å². The second-order valence-corrected chi connectivity index (χ2v) is 23.6. The quantitative estimate of drug-likeness (QED) is 0.105. The summed E-state index contributed by atoms with van der Waals surface area (Å²) in [7, 11) is 0. The van der Waals surface area contributed by atoms with Gasteiger partial charge in [0.2, 0.25) is 0 Å². The lowest BCUT2D eigenvalue weighted by Crippen LogP contribution is -2.17. The zero-order valence-electron chi connectivity index (χ0n) is 47.8. The number of fused-ring (bicyclic) bond motifs is 11. The lowest BCUT2D eigenvalue weighted by Gasteiger charge is -2.35. The third-order valence-electron chi connectivity index (χ3n) is 18.4. The summed E-state index contributed by atoms with van der Waals surface area (Å²) in [6, 6.07) is 116. The molecule has 0 saturated carbocycles. The smallest absolute Gasteiger partial charge is 0.0621 e. The Hall–Kier alpha value is -11.0. The summed E-state index contributed by atoms with van der Waals surface area (Å²) in [4.78, 5) is 7.68. The Balaban J connectivity index is 1.09. The van der Waals surface area contributed by atoms with Crippen LogP contribution in [0.15, 0.2) is 309 Å². The van der Waals surface area contributed by atoms with Crippen LogP contribution in [-0.2, 0) is 5.41 Å². The van der Waals surface area contributed by atoms with E-state index in [0.29, 0.717) is 0 Å². The van der Waals surface area contributed by atoms with Crippen molar-refractivity contribution in [2.24, 2.45) is 0 Å². The number of hydrogen-bond donors (Lipinski definition) is 0. The molecule has 3 nitrogen and oxygen atoms in total. The zero-order chi connectivity index (χ0) is 57.0. The number of benzene rings is 16. The minimum Gasteiger partial charge on any atom is -0.310 e. The van der Waals surface area contributed by atoms with Crippen LogP contribution in [0.3, 0.4) is 0 Å². The molecular weight excluding hydrogens is 1040 g/mol. The van der Waals surface area contributed by atoms with E-state index in [-0.39, 0.29) is 5.41 Å². The highest BCUT2D eigenvalue weighted by molar-refractivity contribution is 6.26. The normalized spacial score (nSPS) is 12.6. The van der Waals surface area contributed by atoms with Crippen LogP contribution in [-0.4, -0.2) is 0 Å². The lowest BCUT2D eigenvalue weighted by atomic mass is 9.81. The Morgan fingerprint density at radius 1 is 0.209 bits per heavy atom. The Kier molecular flexibility index (Phi) is 11.3. The average Bonchev–Trinajstić information content (AvgIpc) is 1.39. The summed E-state index contributed by atoms with van der Waals surface area (Å²) >= 11 is 0. The van der Waals surface area contributed by atoms with E-state index in [1.165, 1.54) is 86.9 Å². The molecule has 0 amide bonds. The van der Waals surface area contributed by atoms with Crippen LogP contribution in [0, 0.1) is 0 Å². The second kappa shape index (κ2) is 19.6. The van der Waals surface area contributed by atoms with E-state index in [1.54, 1.807) is 0 Å². The first kappa shape index (κ1) is 49.6. The summed E-state index contributed by atoms with van der Waals surface area (Å²) in [5, 5.41) is 18.7. The fourth-order valence-electron chi connectivity index (χ4n) is 14.3. The summed E-state index contributed by atoms with van der Waals surface area (Å²) in [5.41, 5.74) is 14.7. The van der Waals surface area contributed by atoms with Crippen LogP contribution in [0.4, 0.5) is 51.2 Å². The van der Waals surface area contributed by atoms with Crippen LogP contribution in [0.1, 0.15) is 25.0 Å². The van der Waals surface area contributed by atoms with Gasteiger partial charge < -0.3 is 14.7 Å². The number of hydrogen-bond acceptors (Lipinski definition) is 3. The highest BCUT2D eigenvalue weighted by Gasteiger charge is 2.38. The van der Waals surface area contributed by atoms with E-state index in [2.05, 4.69) is 338 Å². The maximum absolute atomic E-state index is 2.60. The molecular formula is C83H57N3. The number of nitrogens with zero attached hydrogens (tertiary/aromatic N) is 3. The van der Waals surface area contributed by atoms with Gasteiger partial charge in [-0.25, -0.2) is 0 Å². The van der Waals surface area contributed by atoms with Crippen molar-refractivity contribution < 1.29 is 0 Å². The molecule has 1 aliphatic carbocycles. The van der Waals surface area contributed by atoms with Crippen LogP contribution < -0.4 is 14.7 Å². The van der Waals surface area contributed by atoms with Crippen molar-refractivity contribution in [2.75, 3.05) is 14.7 Å². The van der Waals surface area contributed by atoms with Crippen molar-refractivity contribution in [2.45, 2.75) is 19.3 Å². The van der Waals surface area contributed by atoms with Gasteiger partial charge in [0.05, 0.1) is 28.4 Å². The molecule has 16 aromatic carbocycles. The molecule has 0 radical (unpaired) electrons. The van der Waals surface area contributed by atoms with E-state index < -0.39 is 0 Å². The molecule has 16 aromatic rings. The van der Waals surface area contributed by atoms with Crippen LogP contribution in [0.25, 0.3) is 97.3 Å². The maximum Gasteiger partial charge on any atom is 0.0621 e. The summed E-state index contributed by atoms with van der Waals surface area (Å²) < 4.78 is 0. The molecule has 0 aromatic heterocycles. The van der Waals surface area contributed by atoms with Crippen molar-refractivity contribution in [1.82, 2.24) is 0 Å². The van der Waals surface area contributed by atoms with Gasteiger partial charge in [-0.1, -0.05) is 244 Å². The molecule has 404 valence electrons. The van der Waals surface area contributed by atoms with Gasteiger partial charge in [-0.2, -0.15) is 0 Å². The van der Waals surface area contributed by atoms with Crippen molar-refractivity contribution in [3.05, 3.63) is 321 Å². The molecule has 0 N–H and O–H groups in total. The molecule has 0 heterocycles. The van der Waals surface area contributed by atoms with Gasteiger partial charge in [-0.3, -0.25) is 0 Å². The van der Waals surface area contributed by atoms with Gasteiger partial charge in [-0.15, -0.1) is 0 Å². The monoisotopic (exact) mass is 1100 g/mol. The Bertz CT molecular complexity index is 5430. The van der Waals surface area contributed by atoms with E-state index >= 15 is 0 Å². The Morgan fingerprint density at radius 2 is 0.558 bits per heavy atom. The summed E-state index contributed by atoms with van der Waals surface area (Å²) in [6.07, 6.45) is 0. The van der Waals surface area contributed by atoms with E-state index in [9.17, 15) is 0 Å². The highest BCUT2D eigenvalue weighted by Crippen LogP contribution is 2.58. The third kappa shape index (κ3) is 7.82. The molecule has 0 spiro atoms. The molecule has 0 saturated heterocycles. The predicted molar refractivity (Wildman–Crippen MR) is 368 cm³/mol. The first-order valence-electron chi connectivity index (χ1n) is 29.9. The summed E-state index contributed by atoms with van der Waals surface area (Å²) in [5.74, 6) is 0. The zero-order valence-corrected chi connectivity index (χ0v) is 47.8. The van der Waals surface area contributed by atoms with Crippen molar-refractivity contribution in [3.8, 4) is 11.1 Å². The second-order valence-electron chi connectivity index (χ2n) is 23.6. The van der Waals surface area contributed by atoms with E-state index in [1.807, 2.05) is 0 Å². The molecule has 17 rings (SSSR count). The van der Waals surface area contributed by atoms with Gasteiger partial charge >= 0.3 is 0 Å². The predicted octanol–water partition coefficient (Wildman–Crippen LogP) is 23.6. The Labute approximate surface area is 500 Å². The Morgan fingerprint density at radius 3 is 1.06 bits per heavy atom. The molecule has 0 bridgehead atoms. The minimum absolute atomic E-state index is 0.296. The van der Waals surface area contributed by atoms with Gasteiger partial charge in [0.25, 0.3) is 0 Å². The molecule has 0 aliphatic heterocycles. The SMILES string of the molecule is CC1(C)c2ccccc2-c2cc3c(N(c4ccc5ccccc5c4)c4cccc5ccccc45)c4cc(N(c5ccc6ccccc6c5)c5cccc6ccccc56)ccc4c(N(c4ccc5ccccc5c4)c4cccc5ccccc45)c3cc21. The minimum atomic E-state index is -0.296. The van der Waals surface area contributed by atoms with Gasteiger partial charge in [0, 0.05) is 65.9 Å². The van der Waals surface area contributed by atoms with Crippen LogP contribution in [0.5, 0.6) is 0 Å². The molecule has 1 aliphatic rings. The van der Waals surface area contributed by atoms with Crippen molar-refractivity contribution in [1.29, 1.82) is 0 Å². The van der Waals surface area contributed by atoms with Crippen molar-refractivity contribution in [3.63, 3.8) is 0 Å². The third-order valence-corrected chi connectivity index (χ3v) is 18.4. The highest BCUT2D eigenvalue weighted by atomic mass is 15.2. The number of anilines is 9. The first-order valence-corrected chi connectivity index (χ1v) is 29.9. The van der Waals surface area contributed by atoms with Crippen molar-refractivity contribution >= 4 is 137 Å². The topological polar surface area (TPSA) is 9.72 Å². The van der Waals surface area contributed by atoms with E-state index in [0.717, 1.165) is 72.7 Å². The summed E-state index contributed by atoms with van der Waals surface area (Å²) in [6.45, 7) is 4.82. The maximum atomic E-state index is 2.60. The molecule has 0 fully saturated rings. The largest absolute Gasteiger partial charge is 0.310 e. The lowest BCUT2D eigenvalue weighted by molar-refractivity contribution is 0.661.